The summed E-state index contributed by atoms with van der Waals surface area (Å²) in [5.41, 5.74) is 1.68. The van der Waals surface area contributed by atoms with Gasteiger partial charge in [0.15, 0.2) is 0 Å². The fourth-order valence-electron chi connectivity index (χ4n) is 2.88. The molecule has 8 heteroatoms. The van der Waals surface area contributed by atoms with Crippen molar-refractivity contribution in [1.29, 1.82) is 0 Å². The van der Waals surface area contributed by atoms with Crippen molar-refractivity contribution in [2.24, 2.45) is 0 Å². The molecule has 1 heterocycles. The van der Waals surface area contributed by atoms with E-state index in [1.54, 1.807) is 11.0 Å². The molecule has 1 fully saturated rings. The second-order valence-electron chi connectivity index (χ2n) is 6.26. The zero-order chi connectivity index (χ0) is 17.7. The molecule has 0 aliphatic carbocycles. The third-order valence-electron chi connectivity index (χ3n) is 4.37. The molecule has 1 aromatic carbocycles. The van der Waals surface area contributed by atoms with E-state index < -0.39 is 10.0 Å². The molecule has 0 saturated carbocycles. The van der Waals surface area contributed by atoms with Crippen LogP contribution in [0.25, 0.3) is 0 Å². The van der Waals surface area contributed by atoms with E-state index in [1.165, 1.54) is 4.31 Å². The summed E-state index contributed by atoms with van der Waals surface area (Å²) in [6, 6.07) is 5.47. The first-order valence-corrected chi connectivity index (χ1v) is 9.80. The largest absolute Gasteiger partial charge is 0.340 e. The Balaban J connectivity index is 0.00000312. The predicted octanol–water partition coefficient (Wildman–Crippen LogP) is 1.56. The van der Waals surface area contributed by atoms with Gasteiger partial charge in [-0.05, 0) is 51.1 Å². The van der Waals surface area contributed by atoms with E-state index in [4.69, 9.17) is 0 Å². The van der Waals surface area contributed by atoms with E-state index >= 15 is 0 Å². The Morgan fingerprint density at radius 3 is 2.40 bits per heavy atom. The number of piperazine rings is 1. The fraction of sp³-hybridized carbons (Fsp3) is 0.588. The number of rotatable bonds is 6. The number of halogens is 1. The molecule has 1 N–H and O–H groups in total. The van der Waals surface area contributed by atoms with Crippen LogP contribution >= 0.6 is 12.4 Å². The molecule has 0 unspecified atom stereocenters. The van der Waals surface area contributed by atoms with Crippen LogP contribution in [0, 0.1) is 13.8 Å². The van der Waals surface area contributed by atoms with Crippen molar-refractivity contribution in [2.45, 2.75) is 31.6 Å². The van der Waals surface area contributed by atoms with E-state index in [9.17, 15) is 13.2 Å². The average molecular weight is 390 g/mol. The van der Waals surface area contributed by atoms with Crippen molar-refractivity contribution in [2.75, 3.05) is 39.8 Å². The van der Waals surface area contributed by atoms with Gasteiger partial charge < -0.3 is 10.2 Å². The number of sulfonamides is 1. The molecule has 0 atom stereocenters. The summed E-state index contributed by atoms with van der Waals surface area (Å²) in [4.78, 5) is 14.3. The quantitative estimate of drug-likeness (QED) is 0.749. The maximum absolute atomic E-state index is 12.9. The highest BCUT2D eigenvalue weighted by atomic mass is 35.5. The summed E-state index contributed by atoms with van der Waals surface area (Å²) >= 11 is 0. The van der Waals surface area contributed by atoms with Crippen LogP contribution < -0.4 is 5.32 Å². The molecule has 1 amide bonds. The molecular formula is C17H28ClN3O3S. The van der Waals surface area contributed by atoms with Crippen LogP contribution in [0.15, 0.2) is 23.1 Å². The molecular weight excluding hydrogens is 362 g/mol. The minimum atomic E-state index is -3.50. The molecule has 1 aliphatic rings. The minimum Gasteiger partial charge on any atom is -0.340 e. The number of benzene rings is 1. The Hall–Kier alpha value is -1.15. The highest BCUT2D eigenvalue weighted by molar-refractivity contribution is 7.89. The Labute approximate surface area is 157 Å². The molecule has 2 rings (SSSR count). The minimum absolute atomic E-state index is 0. The Bertz CT molecular complexity index is 686. The van der Waals surface area contributed by atoms with Gasteiger partial charge in [-0.25, -0.2) is 8.42 Å². The van der Waals surface area contributed by atoms with Crippen LogP contribution in [0.5, 0.6) is 0 Å². The number of nitrogens with zero attached hydrogens (tertiary/aromatic N) is 2. The van der Waals surface area contributed by atoms with Gasteiger partial charge in [0.2, 0.25) is 15.9 Å². The SMILES string of the molecule is CNCCCC(=O)N1CCN(S(=O)(=O)c2cc(C)ccc2C)CC1.Cl. The molecule has 6 nitrogen and oxygen atoms in total. The van der Waals surface area contributed by atoms with Crippen LogP contribution in [-0.4, -0.2) is 63.3 Å². The topological polar surface area (TPSA) is 69.7 Å². The second-order valence-corrected chi connectivity index (χ2v) is 8.17. The first kappa shape index (κ1) is 21.9. The number of carbonyl (C=O) groups is 1. The number of hydrogen-bond acceptors (Lipinski definition) is 4. The molecule has 0 bridgehead atoms. The van der Waals surface area contributed by atoms with Gasteiger partial charge in [0.25, 0.3) is 0 Å². The summed E-state index contributed by atoms with van der Waals surface area (Å²) in [5, 5.41) is 3.02. The van der Waals surface area contributed by atoms with Crippen LogP contribution in [-0.2, 0) is 14.8 Å². The van der Waals surface area contributed by atoms with Crippen molar-refractivity contribution in [3.63, 3.8) is 0 Å². The number of aryl methyl sites for hydroxylation is 2. The average Bonchev–Trinajstić information content (AvgIpc) is 2.57. The molecule has 142 valence electrons. The third-order valence-corrected chi connectivity index (χ3v) is 6.41. The maximum Gasteiger partial charge on any atom is 0.243 e. The fourth-order valence-corrected chi connectivity index (χ4v) is 4.61. The maximum atomic E-state index is 12.9. The van der Waals surface area contributed by atoms with Crippen molar-refractivity contribution < 1.29 is 13.2 Å². The first-order chi connectivity index (χ1) is 11.4. The van der Waals surface area contributed by atoms with Crippen LogP contribution in [0.2, 0.25) is 0 Å². The van der Waals surface area contributed by atoms with Crippen LogP contribution in [0.4, 0.5) is 0 Å². The van der Waals surface area contributed by atoms with E-state index in [0.717, 1.165) is 24.1 Å². The normalized spacial score (nSPS) is 15.7. The molecule has 1 aromatic rings. The zero-order valence-corrected chi connectivity index (χ0v) is 16.8. The summed E-state index contributed by atoms with van der Waals surface area (Å²) in [6.45, 7) is 6.15. The van der Waals surface area contributed by atoms with Gasteiger partial charge in [-0.3, -0.25) is 4.79 Å². The zero-order valence-electron chi connectivity index (χ0n) is 15.1. The highest BCUT2D eigenvalue weighted by Gasteiger charge is 2.30. The van der Waals surface area contributed by atoms with Crippen molar-refractivity contribution in [3.05, 3.63) is 29.3 Å². The van der Waals surface area contributed by atoms with Gasteiger partial charge in [0.05, 0.1) is 4.90 Å². The van der Waals surface area contributed by atoms with Gasteiger partial charge in [0.1, 0.15) is 0 Å². The van der Waals surface area contributed by atoms with Crippen LogP contribution in [0.1, 0.15) is 24.0 Å². The van der Waals surface area contributed by atoms with Gasteiger partial charge >= 0.3 is 0 Å². The van der Waals surface area contributed by atoms with Gasteiger partial charge in [-0.1, -0.05) is 12.1 Å². The Kier molecular flexibility index (Phi) is 8.34. The summed E-state index contributed by atoms with van der Waals surface area (Å²) in [6.07, 6.45) is 1.31. The first-order valence-electron chi connectivity index (χ1n) is 8.36. The van der Waals surface area contributed by atoms with Crippen LogP contribution in [0.3, 0.4) is 0 Å². The molecule has 1 aliphatic heterocycles. The predicted molar refractivity (Wildman–Crippen MR) is 102 cm³/mol. The summed E-state index contributed by atoms with van der Waals surface area (Å²) < 4.78 is 27.2. The lowest BCUT2D eigenvalue weighted by Gasteiger charge is -2.34. The number of carbonyl (C=O) groups excluding carboxylic acids is 1. The van der Waals surface area contributed by atoms with E-state index in [1.807, 2.05) is 33.0 Å². The smallest absolute Gasteiger partial charge is 0.243 e. The summed E-state index contributed by atoms with van der Waals surface area (Å²) in [5.74, 6) is 0.106. The number of amides is 1. The number of hydrogen-bond donors (Lipinski definition) is 1. The Morgan fingerprint density at radius 2 is 1.80 bits per heavy atom. The molecule has 0 aromatic heterocycles. The van der Waals surface area contributed by atoms with Gasteiger partial charge in [-0.2, -0.15) is 4.31 Å². The van der Waals surface area contributed by atoms with E-state index in [-0.39, 0.29) is 18.3 Å². The van der Waals surface area contributed by atoms with Crippen molar-refractivity contribution in [3.8, 4) is 0 Å². The van der Waals surface area contributed by atoms with E-state index in [0.29, 0.717) is 37.5 Å². The van der Waals surface area contributed by atoms with E-state index in [2.05, 4.69) is 5.32 Å². The van der Waals surface area contributed by atoms with Gasteiger partial charge in [-0.15, -0.1) is 12.4 Å². The van der Waals surface area contributed by atoms with Gasteiger partial charge in [0, 0.05) is 32.6 Å². The monoisotopic (exact) mass is 389 g/mol. The molecule has 0 spiro atoms. The third kappa shape index (κ3) is 5.41. The highest BCUT2D eigenvalue weighted by Crippen LogP contribution is 2.22. The lowest BCUT2D eigenvalue weighted by Crippen LogP contribution is -2.50. The Morgan fingerprint density at radius 1 is 1.16 bits per heavy atom. The summed E-state index contributed by atoms with van der Waals surface area (Å²) in [7, 11) is -1.64. The lowest BCUT2D eigenvalue weighted by molar-refractivity contribution is -0.132. The van der Waals surface area contributed by atoms with Crippen molar-refractivity contribution >= 4 is 28.3 Å². The molecule has 1 saturated heterocycles. The number of nitrogens with one attached hydrogen (secondary N) is 1. The van der Waals surface area contributed by atoms with Crippen molar-refractivity contribution in [1.82, 2.24) is 14.5 Å². The lowest BCUT2D eigenvalue weighted by atomic mass is 10.2. The second kappa shape index (κ2) is 9.52. The standard InChI is InChI=1S/C17H27N3O3S.ClH/c1-14-6-7-15(2)16(13-14)24(22,23)20-11-9-19(10-12-20)17(21)5-4-8-18-3;/h6-7,13,18H,4-5,8-12H2,1-3H3;1H. The molecule has 25 heavy (non-hydrogen) atoms. The molecule has 0 radical (unpaired) electrons.